The van der Waals surface area contributed by atoms with E-state index in [0.29, 0.717) is 23.5 Å². The van der Waals surface area contributed by atoms with Gasteiger partial charge in [0.25, 0.3) is 0 Å². The van der Waals surface area contributed by atoms with Crippen molar-refractivity contribution in [2.24, 2.45) is 0 Å². The minimum Gasteiger partial charge on any atom is -0.489 e. The van der Waals surface area contributed by atoms with E-state index in [1.807, 2.05) is 91.8 Å². The molecule has 5 nitrogen and oxygen atoms in total. The van der Waals surface area contributed by atoms with Crippen LogP contribution in [0.2, 0.25) is 0 Å². The molecule has 0 radical (unpaired) electrons. The van der Waals surface area contributed by atoms with Crippen molar-refractivity contribution in [3.8, 4) is 11.5 Å². The van der Waals surface area contributed by atoms with Gasteiger partial charge in [-0.1, -0.05) is 30.3 Å². The van der Waals surface area contributed by atoms with E-state index in [0.717, 1.165) is 69.5 Å². The molecule has 0 heterocycles. The van der Waals surface area contributed by atoms with Crippen molar-refractivity contribution in [2.45, 2.75) is 86.9 Å². The molecule has 3 aromatic rings. The fourth-order valence-corrected chi connectivity index (χ4v) is 5.21. The predicted octanol–water partition coefficient (Wildman–Crippen LogP) is 7.47. The lowest BCUT2D eigenvalue weighted by Gasteiger charge is -2.24. The van der Waals surface area contributed by atoms with Gasteiger partial charge in [0.05, 0.1) is 11.1 Å². The largest absolute Gasteiger partial charge is 0.489 e. The van der Waals surface area contributed by atoms with E-state index >= 15 is 0 Å². The number of aryl methyl sites for hydroxylation is 1. The fraction of sp³-hybridized carbons (Fsp3) is 0.394. The molecule has 4 rings (SSSR count). The molecule has 1 aliphatic carbocycles. The van der Waals surface area contributed by atoms with Crippen LogP contribution in [0.3, 0.4) is 0 Å². The molecule has 0 amide bonds. The Morgan fingerprint density at radius 1 is 0.789 bits per heavy atom. The molecule has 0 atom stereocenters. The van der Waals surface area contributed by atoms with E-state index in [2.05, 4.69) is 0 Å². The zero-order chi connectivity index (χ0) is 27.8. The summed E-state index contributed by atoms with van der Waals surface area (Å²) >= 11 is 0. The van der Waals surface area contributed by atoms with Crippen molar-refractivity contribution >= 4 is 11.9 Å². The molecule has 0 saturated heterocycles. The van der Waals surface area contributed by atoms with Gasteiger partial charge in [-0.25, -0.2) is 9.59 Å². The number of benzene rings is 3. The van der Waals surface area contributed by atoms with E-state index in [1.165, 1.54) is 0 Å². The first kappa shape index (κ1) is 27.4. The average Bonchev–Trinajstić information content (AvgIpc) is 3.32. The first-order valence-electron chi connectivity index (χ1n) is 13.3. The van der Waals surface area contributed by atoms with Gasteiger partial charge in [0.15, 0.2) is 0 Å². The van der Waals surface area contributed by atoms with Crippen LogP contribution >= 0.6 is 0 Å². The highest BCUT2D eigenvalue weighted by molar-refractivity contribution is 5.97. The highest BCUT2D eigenvalue weighted by Crippen LogP contribution is 2.40. The van der Waals surface area contributed by atoms with Gasteiger partial charge in [0.2, 0.25) is 0 Å². The van der Waals surface area contributed by atoms with Gasteiger partial charge in [-0.3, -0.25) is 0 Å². The van der Waals surface area contributed by atoms with Gasteiger partial charge in [0, 0.05) is 0 Å². The second-order valence-electron chi connectivity index (χ2n) is 11.2. The topological polar surface area (TPSA) is 61.8 Å². The number of carbonyl (C=O) groups excluding carboxylic acids is 2. The van der Waals surface area contributed by atoms with Gasteiger partial charge < -0.3 is 14.2 Å². The smallest absolute Gasteiger partial charge is 0.344 e. The standard InChI is InChI=1S/C33H38O5/c1-19-17-27(36-18-24-13-10-9-11-14-24)20(2)21(3)28(19)31(34)37-30-23(5)22(4)29(25-15-12-16-26(25)30)32(35)38-33(6,7)8/h9-11,13-14,17H,12,15-16,18H2,1-8H3. The molecule has 0 fully saturated rings. The molecule has 0 aromatic heterocycles. The Morgan fingerprint density at radius 2 is 1.42 bits per heavy atom. The summed E-state index contributed by atoms with van der Waals surface area (Å²) in [7, 11) is 0. The summed E-state index contributed by atoms with van der Waals surface area (Å²) in [5.74, 6) is 0.630. The van der Waals surface area contributed by atoms with Crippen molar-refractivity contribution in [1.82, 2.24) is 0 Å². The summed E-state index contributed by atoms with van der Waals surface area (Å²) in [4.78, 5) is 26.7. The molecule has 38 heavy (non-hydrogen) atoms. The fourth-order valence-electron chi connectivity index (χ4n) is 5.21. The van der Waals surface area contributed by atoms with Crippen LogP contribution in [0.15, 0.2) is 36.4 Å². The van der Waals surface area contributed by atoms with Crippen LogP contribution in [0.5, 0.6) is 11.5 Å². The Balaban J connectivity index is 1.65. The third kappa shape index (κ3) is 5.47. The summed E-state index contributed by atoms with van der Waals surface area (Å²) in [5.41, 5.74) is 7.72. The third-order valence-corrected chi connectivity index (χ3v) is 7.36. The Kier molecular flexibility index (Phi) is 7.68. The SMILES string of the molecule is Cc1cc(OCc2ccccc2)c(C)c(C)c1C(=O)Oc1c(C)c(C)c(C(=O)OC(C)(C)C)c2c1CCC2. The zero-order valence-electron chi connectivity index (χ0n) is 23.8. The van der Waals surface area contributed by atoms with Crippen molar-refractivity contribution in [3.05, 3.63) is 92.0 Å². The van der Waals surface area contributed by atoms with Crippen LogP contribution in [0.1, 0.15) is 92.4 Å². The van der Waals surface area contributed by atoms with Gasteiger partial charge >= 0.3 is 11.9 Å². The lowest BCUT2D eigenvalue weighted by atomic mass is 9.92. The highest BCUT2D eigenvalue weighted by atomic mass is 16.6. The summed E-state index contributed by atoms with van der Waals surface area (Å²) < 4.78 is 18.0. The molecule has 1 aliphatic rings. The minimum absolute atomic E-state index is 0.317. The predicted molar refractivity (Wildman–Crippen MR) is 149 cm³/mol. The van der Waals surface area contributed by atoms with E-state index < -0.39 is 5.60 Å². The molecule has 200 valence electrons. The van der Waals surface area contributed by atoms with Crippen LogP contribution in [0, 0.1) is 34.6 Å². The second kappa shape index (κ2) is 10.6. The second-order valence-corrected chi connectivity index (χ2v) is 11.2. The van der Waals surface area contributed by atoms with Crippen molar-refractivity contribution in [3.63, 3.8) is 0 Å². The maximum absolute atomic E-state index is 13.6. The summed E-state index contributed by atoms with van der Waals surface area (Å²) in [6, 6.07) is 11.9. The van der Waals surface area contributed by atoms with Crippen molar-refractivity contribution in [2.75, 3.05) is 0 Å². The van der Waals surface area contributed by atoms with Crippen molar-refractivity contribution in [1.29, 1.82) is 0 Å². The van der Waals surface area contributed by atoms with Gasteiger partial charge in [-0.05, 0) is 125 Å². The van der Waals surface area contributed by atoms with E-state index in [9.17, 15) is 9.59 Å². The zero-order valence-corrected chi connectivity index (χ0v) is 23.8. The molecule has 0 unspecified atom stereocenters. The Labute approximate surface area is 226 Å². The van der Waals surface area contributed by atoms with Crippen LogP contribution < -0.4 is 9.47 Å². The number of rotatable bonds is 6. The van der Waals surface area contributed by atoms with E-state index in [4.69, 9.17) is 14.2 Å². The molecule has 0 N–H and O–H groups in total. The van der Waals surface area contributed by atoms with Crippen molar-refractivity contribution < 1.29 is 23.8 Å². The molecular formula is C33H38O5. The average molecular weight is 515 g/mol. The maximum atomic E-state index is 13.6. The molecule has 3 aromatic carbocycles. The van der Waals surface area contributed by atoms with Crippen LogP contribution in [-0.2, 0) is 24.2 Å². The number of ether oxygens (including phenoxy) is 3. The monoisotopic (exact) mass is 514 g/mol. The summed E-state index contributed by atoms with van der Waals surface area (Å²) in [5, 5.41) is 0. The first-order valence-corrected chi connectivity index (χ1v) is 13.3. The Bertz CT molecular complexity index is 1390. The number of fused-ring (bicyclic) bond motifs is 1. The molecule has 0 saturated carbocycles. The third-order valence-electron chi connectivity index (χ3n) is 7.36. The minimum atomic E-state index is -0.585. The quantitative estimate of drug-likeness (QED) is 0.252. The number of esters is 2. The van der Waals surface area contributed by atoms with Crippen LogP contribution in [-0.4, -0.2) is 17.5 Å². The Hall–Kier alpha value is -3.60. The molecule has 0 spiro atoms. The summed E-state index contributed by atoms with van der Waals surface area (Å²) in [6.45, 7) is 15.7. The Morgan fingerprint density at radius 3 is 2.08 bits per heavy atom. The highest BCUT2D eigenvalue weighted by Gasteiger charge is 2.31. The molecule has 5 heteroatoms. The number of hydrogen-bond acceptors (Lipinski definition) is 5. The normalized spacial score (nSPS) is 12.7. The molecule has 0 bridgehead atoms. The van der Waals surface area contributed by atoms with Gasteiger partial charge in [-0.2, -0.15) is 0 Å². The lowest BCUT2D eigenvalue weighted by Crippen LogP contribution is -2.25. The van der Waals surface area contributed by atoms with Crippen LogP contribution in [0.4, 0.5) is 0 Å². The van der Waals surface area contributed by atoms with Gasteiger partial charge in [-0.15, -0.1) is 0 Å². The van der Waals surface area contributed by atoms with Gasteiger partial charge in [0.1, 0.15) is 23.7 Å². The lowest BCUT2D eigenvalue weighted by molar-refractivity contribution is 0.00674. The van der Waals surface area contributed by atoms with E-state index in [1.54, 1.807) is 0 Å². The number of carbonyl (C=O) groups is 2. The first-order chi connectivity index (χ1) is 17.9. The number of hydrogen-bond donors (Lipinski definition) is 0. The maximum Gasteiger partial charge on any atom is 0.344 e. The molecule has 0 aliphatic heterocycles. The molecular weight excluding hydrogens is 476 g/mol. The van der Waals surface area contributed by atoms with E-state index in [-0.39, 0.29) is 11.9 Å². The summed E-state index contributed by atoms with van der Waals surface area (Å²) in [6.07, 6.45) is 2.43. The van der Waals surface area contributed by atoms with Crippen LogP contribution in [0.25, 0.3) is 0 Å².